The molecule has 3 atom stereocenters. The third kappa shape index (κ3) is 6.44. The molecule has 0 aliphatic rings. The minimum Gasteiger partial charge on any atom is -0.394 e. The van der Waals surface area contributed by atoms with Gasteiger partial charge in [-0.3, -0.25) is 4.52 Å². The molecule has 0 bridgehead atoms. The van der Waals surface area contributed by atoms with E-state index < -0.39 is 34.5 Å². The standard InChI is InChI=1S/C4H10O10P2/c5-1-3(7)4(2-6)13-16(11,12)14-15(8,9)10/h2-5,7H,1H2,(H,11,12)(H2,8,9,10). The molecule has 16 heavy (non-hydrogen) atoms. The zero-order valence-electron chi connectivity index (χ0n) is 7.61. The number of aldehydes is 1. The second-order valence-corrected chi connectivity index (χ2v) is 5.28. The Balaban J connectivity index is 4.62. The van der Waals surface area contributed by atoms with Crippen LogP contribution in [0, 0.1) is 0 Å². The van der Waals surface area contributed by atoms with Crippen LogP contribution in [0.2, 0.25) is 0 Å². The molecule has 12 heteroatoms. The largest absolute Gasteiger partial charge is 0.481 e. The van der Waals surface area contributed by atoms with E-state index in [0.29, 0.717) is 0 Å². The van der Waals surface area contributed by atoms with E-state index in [2.05, 4.69) is 8.83 Å². The summed E-state index contributed by atoms with van der Waals surface area (Å²) < 4.78 is 28.4. The summed E-state index contributed by atoms with van der Waals surface area (Å²) in [4.78, 5) is 35.5. The number of aliphatic hydroxyl groups is 2. The average Bonchev–Trinajstić information content (AvgIpc) is 2.09. The van der Waals surface area contributed by atoms with Crippen LogP contribution in [0.15, 0.2) is 0 Å². The van der Waals surface area contributed by atoms with E-state index in [1.165, 1.54) is 0 Å². The van der Waals surface area contributed by atoms with Crippen molar-refractivity contribution < 1.29 is 47.7 Å². The molecule has 5 N–H and O–H groups in total. The van der Waals surface area contributed by atoms with Gasteiger partial charge in [0.2, 0.25) is 0 Å². The topological polar surface area (TPSA) is 171 Å². The summed E-state index contributed by atoms with van der Waals surface area (Å²) in [7, 11) is -10.5. The van der Waals surface area contributed by atoms with Gasteiger partial charge in [-0.1, -0.05) is 0 Å². The summed E-state index contributed by atoms with van der Waals surface area (Å²) in [5.41, 5.74) is 0. The number of rotatable bonds is 7. The fraction of sp³-hybridized carbons (Fsp3) is 0.750. The number of hydrogen-bond acceptors (Lipinski definition) is 7. The second-order valence-electron chi connectivity index (χ2n) is 2.50. The van der Waals surface area contributed by atoms with Crippen molar-refractivity contribution in [2.45, 2.75) is 12.2 Å². The Morgan fingerprint density at radius 2 is 1.75 bits per heavy atom. The van der Waals surface area contributed by atoms with Crippen molar-refractivity contribution in [2.24, 2.45) is 0 Å². The Bertz CT molecular complexity index is 321. The van der Waals surface area contributed by atoms with E-state index >= 15 is 0 Å². The van der Waals surface area contributed by atoms with Crippen LogP contribution in [-0.4, -0.2) is 50.0 Å². The Morgan fingerprint density at radius 3 is 2.06 bits per heavy atom. The van der Waals surface area contributed by atoms with Crippen LogP contribution in [0.3, 0.4) is 0 Å². The first kappa shape index (κ1) is 15.9. The van der Waals surface area contributed by atoms with Crippen molar-refractivity contribution in [3.63, 3.8) is 0 Å². The minimum absolute atomic E-state index is 0.132. The summed E-state index contributed by atoms with van der Waals surface area (Å²) >= 11 is 0. The van der Waals surface area contributed by atoms with Crippen LogP contribution in [0.4, 0.5) is 0 Å². The minimum atomic E-state index is -5.29. The molecule has 0 aromatic carbocycles. The van der Waals surface area contributed by atoms with E-state index in [9.17, 15) is 13.9 Å². The van der Waals surface area contributed by atoms with Crippen molar-refractivity contribution in [2.75, 3.05) is 6.61 Å². The molecule has 0 aliphatic heterocycles. The molecule has 0 saturated heterocycles. The van der Waals surface area contributed by atoms with Gasteiger partial charge >= 0.3 is 15.6 Å². The highest BCUT2D eigenvalue weighted by Crippen LogP contribution is 2.58. The number of aliphatic hydroxyl groups excluding tert-OH is 2. The fourth-order valence-electron chi connectivity index (χ4n) is 0.597. The van der Waals surface area contributed by atoms with Gasteiger partial charge in [0.15, 0.2) is 12.4 Å². The van der Waals surface area contributed by atoms with Crippen LogP contribution in [0.25, 0.3) is 0 Å². The lowest BCUT2D eigenvalue weighted by Gasteiger charge is -2.19. The van der Waals surface area contributed by atoms with E-state index in [1.807, 2.05) is 0 Å². The molecule has 3 unspecified atom stereocenters. The summed E-state index contributed by atoms with van der Waals surface area (Å²) in [6.45, 7) is -0.959. The second kappa shape index (κ2) is 5.97. The van der Waals surface area contributed by atoms with Crippen LogP contribution >= 0.6 is 15.6 Å². The lowest BCUT2D eigenvalue weighted by Crippen LogP contribution is -2.32. The van der Waals surface area contributed by atoms with Crippen molar-refractivity contribution >= 4 is 21.9 Å². The first-order valence-electron chi connectivity index (χ1n) is 3.63. The van der Waals surface area contributed by atoms with Crippen LogP contribution in [0.5, 0.6) is 0 Å². The molecule has 0 radical (unpaired) electrons. The Kier molecular flexibility index (Phi) is 5.91. The van der Waals surface area contributed by atoms with Crippen LogP contribution < -0.4 is 0 Å². The normalized spacial score (nSPS) is 19.8. The van der Waals surface area contributed by atoms with Gasteiger partial charge in [0.25, 0.3) is 0 Å². The zero-order chi connectivity index (χ0) is 13.0. The molecular weight excluding hydrogens is 270 g/mol. The molecule has 0 aromatic heterocycles. The Labute approximate surface area is 89.3 Å². The van der Waals surface area contributed by atoms with E-state index in [1.54, 1.807) is 0 Å². The lowest BCUT2D eigenvalue weighted by molar-refractivity contribution is -0.121. The third-order valence-electron chi connectivity index (χ3n) is 1.16. The first-order valence-corrected chi connectivity index (χ1v) is 6.66. The molecule has 0 aromatic rings. The monoisotopic (exact) mass is 280 g/mol. The number of phosphoric ester groups is 1. The molecule has 0 amide bonds. The van der Waals surface area contributed by atoms with Crippen molar-refractivity contribution in [3.8, 4) is 0 Å². The molecule has 0 fully saturated rings. The summed E-state index contributed by atoms with van der Waals surface area (Å²) in [5, 5.41) is 17.3. The third-order valence-corrected chi connectivity index (χ3v) is 3.35. The van der Waals surface area contributed by atoms with Gasteiger partial charge in [0, 0.05) is 0 Å². The van der Waals surface area contributed by atoms with Crippen molar-refractivity contribution in [1.29, 1.82) is 0 Å². The zero-order valence-corrected chi connectivity index (χ0v) is 9.40. The molecule has 0 heterocycles. The smallest absolute Gasteiger partial charge is 0.394 e. The summed E-state index contributed by atoms with van der Waals surface area (Å²) in [6, 6.07) is 0. The Hall–Kier alpha value is -0.150. The van der Waals surface area contributed by atoms with Gasteiger partial charge in [-0.05, 0) is 0 Å². The predicted molar refractivity (Wildman–Crippen MR) is 47.0 cm³/mol. The highest BCUT2D eigenvalue weighted by Gasteiger charge is 2.36. The maximum atomic E-state index is 10.9. The molecule has 96 valence electrons. The van der Waals surface area contributed by atoms with Gasteiger partial charge in [-0.2, -0.15) is 4.31 Å². The average molecular weight is 280 g/mol. The number of carbonyl (C=O) groups is 1. The number of phosphoric acid groups is 2. The maximum Gasteiger partial charge on any atom is 0.481 e. The van der Waals surface area contributed by atoms with Gasteiger partial charge in [0.05, 0.1) is 6.61 Å². The van der Waals surface area contributed by atoms with Crippen LogP contribution in [-0.2, 0) is 22.8 Å². The SMILES string of the molecule is O=CC(OP(=O)(O)OP(=O)(O)O)C(O)CO. The highest BCUT2D eigenvalue weighted by atomic mass is 31.3. The van der Waals surface area contributed by atoms with Gasteiger partial charge in [-0.25, -0.2) is 9.13 Å². The number of carbonyl (C=O) groups excluding carboxylic acids is 1. The quantitative estimate of drug-likeness (QED) is 0.263. The van der Waals surface area contributed by atoms with Crippen molar-refractivity contribution in [1.82, 2.24) is 0 Å². The van der Waals surface area contributed by atoms with E-state index in [0.717, 1.165) is 0 Å². The van der Waals surface area contributed by atoms with Gasteiger partial charge < -0.3 is 29.7 Å². The molecule has 0 aliphatic carbocycles. The van der Waals surface area contributed by atoms with Gasteiger partial charge in [-0.15, -0.1) is 0 Å². The van der Waals surface area contributed by atoms with Gasteiger partial charge in [0.1, 0.15) is 6.10 Å². The van der Waals surface area contributed by atoms with E-state index in [-0.39, 0.29) is 6.29 Å². The molecule has 10 nitrogen and oxygen atoms in total. The Morgan fingerprint density at radius 1 is 1.25 bits per heavy atom. The first-order chi connectivity index (χ1) is 7.11. The number of hydrogen-bond donors (Lipinski definition) is 5. The van der Waals surface area contributed by atoms with Crippen molar-refractivity contribution in [3.05, 3.63) is 0 Å². The molecule has 0 spiro atoms. The predicted octanol–water partition coefficient (Wildman–Crippen LogP) is -1.87. The maximum absolute atomic E-state index is 10.9. The fourth-order valence-corrected chi connectivity index (χ4v) is 2.32. The molecule has 0 saturated carbocycles. The lowest BCUT2D eigenvalue weighted by atomic mass is 10.2. The van der Waals surface area contributed by atoms with E-state index in [4.69, 9.17) is 24.9 Å². The van der Waals surface area contributed by atoms with Crippen LogP contribution in [0.1, 0.15) is 0 Å². The summed E-state index contributed by atoms with van der Waals surface area (Å²) in [6.07, 6.45) is -3.90. The highest BCUT2D eigenvalue weighted by molar-refractivity contribution is 7.60. The molecular formula is C4H10O10P2. The summed E-state index contributed by atoms with van der Waals surface area (Å²) in [5.74, 6) is 0. The molecule has 0 rings (SSSR count).